The topological polar surface area (TPSA) is 48.4 Å². The van der Waals surface area contributed by atoms with Gasteiger partial charge in [-0.3, -0.25) is 0 Å². The predicted molar refractivity (Wildman–Crippen MR) is 102 cm³/mol. The number of hydrogen-bond acceptors (Lipinski definition) is 4. The van der Waals surface area contributed by atoms with E-state index in [9.17, 15) is 0 Å². The minimum Gasteiger partial charge on any atom is -0.464 e. The van der Waals surface area contributed by atoms with Crippen LogP contribution in [0.15, 0.2) is 52.5 Å². The van der Waals surface area contributed by atoms with Crippen molar-refractivity contribution in [3.05, 3.63) is 58.9 Å². The van der Waals surface area contributed by atoms with Gasteiger partial charge < -0.3 is 14.9 Å². The maximum absolute atomic E-state index is 5.83. The molecule has 2 heterocycles. The lowest BCUT2D eigenvalue weighted by molar-refractivity contribution is 0.167. The van der Waals surface area contributed by atoms with Gasteiger partial charge in [-0.1, -0.05) is 30.0 Å². The fourth-order valence-electron chi connectivity index (χ4n) is 3.10. The average Bonchev–Trinajstić information content (AvgIpc) is 2.87. The highest BCUT2D eigenvalue weighted by atomic mass is 32.2. The molecule has 2 aromatic carbocycles. The van der Waals surface area contributed by atoms with Crippen molar-refractivity contribution >= 4 is 44.5 Å². The van der Waals surface area contributed by atoms with Gasteiger partial charge in [-0.05, 0) is 53.6 Å². The number of fused-ring (bicyclic) bond motifs is 5. The lowest BCUT2D eigenvalue weighted by atomic mass is 10.1. The fraction of sp³-hybridized carbons (Fsp3) is 0.200. The summed E-state index contributed by atoms with van der Waals surface area (Å²) >= 11 is 1.73. The molecule has 0 aliphatic carbocycles. The van der Waals surface area contributed by atoms with Crippen molar-refractivity contribution in [1.29, 1.82) is 0 Å². The van der Waals surface area contributed by atoms with Gasteiger partial charge in [0.15, 0.2) is 0 Å². The molecule has 3 aromatic rings. The first-order chi connectivity index (χ1) is 11.9. The van der Waals surface area contributed by atoms with Crippen molar-refractivity contribution in [1.82, 2.24) is 0 Å². The van der Waals surface area contributed by atoms with Gasteiger partial charge >= 0.3 is 0 Å². The van der Waals surface area contributed by atoms with E-state index >= 15 is 0 Å². The molecule has 0 saturated heterocycles. The first-order valence-corrected chi connectivity index (χ1v) is 9.00. The highest BCUT2D eigenvalue weighted by Gasteiger charge is 2.12. The average molecular weight is 337 g/mol. The maximum atomic E-state index is 5.83. The van der Waals surface area contributed by atoms with Crippen LogP contribution in [0.4, 0.5) is 0 Å². The second-order valence-corrected chi connectivity index (χ2v) is 6.76. The number of thioether (sulfide) groups is 1. The molecule has 2 N–H and O–H groups in total. The zero-order chi connectivity index (χ0) is 16.4. The largest absolute Gasteiger partial charge is 0.464 e. The molecule has 0 saturated carbocycles. The van der Waals surface area contributed by atoms with E-state index in [1.807, 2.05) is 6.07 Å². The Morgan fingerprint density at radius 3 is 3.00 bits per heavy atom. The summed E-state index contributed by atoms with van der Waals surface area (Å²) in [4.78, 5) is 1.24. The first-order valence-electron chi connectivity index (χ1n) is 8.12. The standard InChI is InChI=1S/C20H19NO2S/c21-8-3-9-22-13-18-19-14(7-11-24-18)4-1-6-16-17(19)12-15-5-2-10-23-20(15)16/h1-2,4-7,10-12H,3,8-9,13,21H2. The van der Waals surface area contributed by atoms with Gasteiger partial charge in [0.25, 0.3) is 0 Å². The van der Waals surface area contributed by atoms with Gasteiger partial charge in [-0.15, -0.1) is 0 Å². The third-order valence-electron chi connectivity index (χ3n) is 4.20. The lowest BCUT2D eigenvalue weighted by Crippen LogP contribution is -2.14. The molecule has 1 aliphatic heterocycles. The SMILES string of the molecule is NCCCOCC1=c2c(cccc3c2cc2cccoc23)C=CS1. The van der Waals surface area contributed by atoms with Crippen molar-refractivity contribution in [2.75, 3.05) is 19.8 Å². The third kappa shape index (κ3) is 2.77. The molecule has 0 bridgehead atoms. The Bertz CT molecular complexity index is 988. The van der Waals surface area contributed by atoms with Crippen molar-refractivity contribution in [2.24, 2.45) is 5.73 Å². The quantitative estimate of drug-likeness (QED) is 0.713. The zero-order valence-electron chi connectivity index (χ0n) is 13.3. The van der Waals surface area contributed by atoms with Crippen molar-refractivity contribution in [2.45, 2.75) is 6.42 Å². The molecule has 0 spiro atoms. The Hall–Kier alpha value is -2.01. The molecule has 0 amide bonds. The van der Waals surface area contributed by atoms with E-state index in [4.69, 9.17) is 14.9 Å². The highest BCUT2D eigenvalue weighted by Crippen LogP contribution is 2.30. The van der Waals surface area contributed by atoms with E-state index in [2.05, 4.69) is 41.8 Å². The normalized spacial score (nSPS) is 13.6. The van der Waals surface area contributed by atoms with Crippen molar-refractivity contribution in [3.8, 4) is 0 Å². The molecule has 4 rings (SSSR count). The Balaban J connectivity index is 1.95. The Labute approximate surface area is 144 Å². The molecule has 24 heavy (non-hydrogen) atoms. The van der Waals surface area contributed by atoms with Crippen molar-refractivity contribution in [3.63, 3.8) is 0 Å². The highest BCUT2D eigenvalue weighted by molar-refractivity contribution is 8.10. The van der Waals surface area contributed by atoms with E-state index in [0.29, 0.717) is 19.8 Å². The Kier molecular flexibility index (Phi) is 4.43. The molecule has 1 aliphatic rings. The number of rotatable bonds is 5. The van der Waals surface area contributed by atoms with Crippen LogP contribution in [0.2, 0.25) is 0 Å². The summed E-state index contributed by atoms with van der Waals surface area (Å²) in [6.45, 7) is 1.97. The van der Waals surface area contributed by atoms with E-state index in [1.165, 1.54) is 21.1 Å². The molecule has 4 heteroatoms. The van der Waals surface area contributed by atoms with Gasteiger partial charge in [-0.25, -0.2) is 0 Å². The van der Waals surface area contributed by atoms with Crippen LogP contribution in [-0.4, -0.2) is 19.8 Å². The van der Waals surface area contributed by atoms with Gasteiger partial charge in [0, 0.05) is 27.5 Å². The fourth-order valence-corrected chi connectivity index (χ4v) is 3.97. The first kappa shape index (κ1) is 15.5. The molecule has 1 aromatic heterocycles. The van der Waals surface area contributed by atoms with Crippen LogP contribution in [0.1, 0.15) is 12.0 Å². The van der Waals surface area contributed by atoms with Crippen LogP contribution in [-0.2, 0) is 4.74 Å². The summed E-state index contributed by atoms with van der Waals surface area (Å²) in [5.74, 6) is 0. The summed E-state index contributed by atoms with van der Waals surface area (Å²) in [5.41, 5.74) is 7.70. The molecule has 0 unspecified atom stereocenters. The van der Waals surface area contributed by atoms with Crippen LogP contribution in [0.25, 0.3) is 32.7 Å². The molecule has 3 nitrogen and oxygen atoms in total. The Morgan fingerprint density at radius 2 is 2.08 bits per heavy atom. The summed E-state index contributed by atoms with van der Waals surface area (Å²) in [6, 6.07) is 12.6. The van der Waals surface area contributed by atoms with E-state index in [-0.39, 0.29) is 0 Å². The molecule has 0 radical (unpaired) electrons. The third-order valence-corrected chi connectivity index (χ3v) is 5.08. The van der Waals surface area contributed by atoms with Crippen LogP contribution >= 0.6 is 11.8 Å². The van der Waals surface area contributed by atoms with Gasteiger partial charge in [0.05, 0.1) is 12.9 Å². The van der Waals surface area contributed by atoms with Gasteiger partial charge in [0.2, 0.25) is 0 Å². The maximum Gasteiger partial charge on any atom is 0.141 e. The minimum absolute atomic E-state index is 0.611. The smallest absolute Gasteiger partial charge is 0.141 e. The molecule has 0 fully saturated rings. The Morgan fingerprint density at radius 1 is 1.12 bits per heavy atom. The van der Waals surface area contributed by atoms with E-state index in [1.54, 1.807) is 18.0 Å². The number of ether oxygens (including phenoxy) is 1. The summed E-state index contributed by atoms with van der Waals surface area (Å²) in [5, 5.41) is 6.87. The van der Waals surface area contributed by atoms with Gasteiger partial charge in [-0.2, -0.15) is 0 Å². The van der Waals surface area contributed by atoms with Crippen LogP contribution < -0.4 is 11.0 Å². The predicted octanol–water partition coefficient (Wildman–Crippen LogP) is 4.06. The summed E-state index contributed by atoms with van der Waals surface area (Å²) in [7, 11) is 0. The molecule has 122 valence electrons. The summed E-state index contributed by atoms with van der Waals surface area (Å²) in [6.07, 6.45) is 4.78. The molecular weight excluding hydrogens is 318 g/mol. The van der Waals surface area contributed by atoms with E-state index in [0.717, 1.165) is 22.8 Å². The number of hydrogen-bond donors (Lipinski definition) is 1. The van der Waals surface area contributed by atoms with Crippen molar-refractivity contribution < 1.29 is 9.15 Å². The minimum atomic E-state index is 0.611. The second-order valence-electron chi connectivity index (χ2n) is 5.76. The van der Waals surface area contributed by atoms with Crippen LogP contribution in [0, 0.1) is 0 Å². The lowest BCUT2D eigenvalue weighted by Gasteiger charge is -2.11. The second kappa shape index (κ2) is 6.85. The molecular formula is C20H19NO2S. The molecule has 0 atom stereocenters. The zero-order valence-corrected chi connectivity index (χ0v) is 14.1. The summed E-state index contributed by atoms with van der Waals surface area (Å²) < 4.78 is 11.6. The van der Waals surface area contributed by atoms with Crippen LogP contribution in [0.3, 0.4) is 0 Å². The van der Waals surface area contributed by atoms with Gasteiger partial charge in [0.1, 0.15) is 5.58 Å². The monoisotopic (exact) mass is 337 g/mol. The van der Waals surface area contributed by atoms with Crippen LogP contribution in [0.5, 0.6) is 0 Å². The number of nitrogens with two attached hydrogens (primary N) is 1. The van der Waals surface area contributed by atoms with E-state index < -0.39 is 0 Å².